The van der Waals surface area contributed by atoms with Crippen molar-refractivity contribution >= 4 is 21.9 Å². The van der Waals surface area contributed by atoms with Gasteiger partial charge in [0.1, 0.15) is 5.82 Å². The number of hydrogen-bond donors (Lipinski definition) is 1. The smallest absolute Gasteiger partial charge is 0.375 e. The molecule has 0 spiro atoms. The third-order valence-electron chi connectivity index (χ3n) is 2.81. The lowest BCUT2D eigenvalue weighted by Gasteiger charge is -2.11. The molecule has 6 heteroatoms. The summed E-state index contributed by atoms with van der Waals surface area (Å²) in [5, 5.41) is 13.1. The molecule has 0 saturated carbocycles. The Hall–Kier alpha value is -1.69. The lowest BCUT2D eigenvalue weighted by Crippen LogP contribution is -2.07. The van der Waals surface area contributed by atoms with E-state index in [1.165, 1.54) is 0 Å². The van der Waals surface area contributed by atoms with Crippen molar-refractivity contribution in [2.75, 3.05) is 0 Å². The number of benzene rings is 1. The molecule has 1 N–H and O–H groups in total. The van der Waals surface area contributed by atoms with Crippen LogP contribution in [0.1, 0.15) is 41.8 Å². The maximum Gasteiger partial charge on any atom is 0.375 e. The number of carbonyl (C=O) groups is 1. The molecule has 2 aromatic rings. The van der Waals surface area contributed by atoms with Crippen LogP contribution in [0.3, 0.4) is 0 Å². The highest BCUT2D eigenvalue weighted by Crippen LogP contribution is 2.25. The highest BCUT2D eigenvalue weighted by atomic mass is 79.9. The quantitative estimate of drug-likeness (QED) is 0.942. The van der Waals surface area contributed by atoms with Crippen LogP contribution in [0.4, 0.5) is 0 Å². The number of halogens is 1. The van der Waals surface area contributed by atoms with Crippen molar-refractivity contribution in [2.24, 2.45) is 0 Å². The van der Waals surface area contributed by atoms with Gasteiger partial charge in [0.05, 0.1) is 5.69 Å². The molecule has 2 rings (SSSR count). The fourth-order valence-corrected chi connectivity index (χ4v) is 2.15. The first kappa shape index (κ1) is 13.7. The Labute approximate surface area is 119 Å². The Morgan fingerprint density at radius 3 is 2.68 bits per heavy atom. The van der Waals surface area contributed by atoms with E-state index in [4.69, 9.17) is 5.11 Å². The molecule has 0 aliphatic rings. The van der Waals surface area contributed by atoms with Crippen molar-refractivity contribution in [1.29, 1.82) is 0 Å². The lowest BCUT2D eigenvalue weighted by atomic mass is 10.1. The van der Waals surface area contributed by atoms with Crippen LogP contribution in [0, 0.1) is 6.92 Å². The maximum absolute atomic E-state index is 11.0. The largest absolute Gasteiger partial charge is 0.475 e. The van der Waals surface area contributed by atoms with E-state index in [2.05, 4.69) is 26.0 Å². The lowest BCUT2D eigenvalue weighted by molar-refractivity contribution is 0.0683. The van der Waals surface area contributed by atoms with Crippen molar-refractivity contribution in [3.63, 3.8) is 0 Å². The molecule has 0 aliphatic carbocycles. The Bertz CT molecular complexity index is 635. The molecular weight excluding hydrogens is 310 g/mol. The van der Waals surface area contributed by atoms with Gasteiger partial charge >= 0.3 is 5.97 Å². The number of rotatable bonds is 3. The molecule has 0 aliphatic heterocycles. The molecular formula is C13H14BrN3O2. The van der Waals surface area contributed by atoms with Crippen molar-refractivity contribution in [1.82, 2.24) is 14.8 Å². The minimum atomic E-state index is -1.12. The molecule has 5 nitrogen and oxygen atoms in total. The molecule has 0 radical (unpaired) electrons. The van der Waals surface area contributed by atoms with Crippen molar-refractivity contribution in [2.45, 2.75) is 26.7 Å². The van der Waals surface area contributed by atoms with Crippen LogP contribution < -0.4 is 0 Å². The summed E-state index contributed by atoms with van der Waals surface area (Å²) in [5.41, 5.74) is 1.82. The Morgan fingerprint density at radius 2 is 2.11 bits per heavy atom. The van der Waals surface area contributed by atoms with Gasteiger partial charge in [0.2, 0.25) is 0 Å². The van der Waals surface area contributed by atoms with E-state index in [0.29, 0.717) is 5.82 Å². The summed E-state index contributed by atoms with van der Waals surface area (Å²) < 4.78 is 2.56. The summed E-state index contributed by atoms with van der Waals surface area (Å²) in [6, 6.07) is 5.72. The van der Waals surface area contributed by atoms with E-state index in [0.717, 1.165) is 15.7 Å². The number of hydrogen-bond acceptors (Lipinski definition) is 3. The fourth-order valence-electron chi connectivity index (χ4n) is 1.79. The average molecular weight is 324 g/mol. The Morgan fingerprint density at radius 1 is 1.42 bits per heavy atom. The predicted octanol–water partition coefficient (Wildman–Crippen LogP) is 3.16. The number of carboxylic acid groups (broad SMARTS) is 1. The second-order valence-electron chi connectivity index (χ2n) is 4.55. The van der Waals surface area contributed by atoms with Crippen LogP contribution >= 0.6 is 15.9 Å². The van der Waals surface area contributed by atoms with Crippen LogP contribution in [0.15, 0.2) is 22.7 Å². The highest BCUT2D eigenvalue weighted by Gasteiger charge is 2.19. The van der Waals surface area contributed by atoms with E-state index in [-0.39, 0.29) is 11.7 Å². The standard InChI is InChI=1S/C13H14BrN3O2/c1-7(2)12-15-11(13(18)19)16-17(12)10-6-4-5-9(14)8(10)3/h4-7H,1-3H3,(H,18,19). The van der Waals surface area contributed by atoms with E-state index in [1.807, 2.05) is 39.0 Å². The van der Waals surface area contributed by atoms with Crippen LogP contribution in [0.5, 0.6) is 0 Å². The Kier molecular flexibility index (Phi) is 3.71. The van der Waals surface area contributed by atoms with E-state index < -0.39 is 5.97 Å². The third-order valence-corrected chi connectivity index (χ3v) is 3.67. The molecule has 19 heavy (non-hydrogen) atoms. The van der Waals surface area contributed by atoms with Crippen molar-refractivity contribution < 1.29 is 9.90 Å². The van der Waals surface area contributed by atoms with Gasteiger partial charge in [-0.25, -0.2) is 14.5 Å². The zero-order chi connectivity index (χ0) is 14.2. The summed E-state index contributed by atoms with van der Waals surface area (Å²) >= 11 is 3.46. The number of carboxylic acids is 1. The molecule has 100 valence electrons. The van der Waals surface area contributed by atoms with Crippen molar-refractivity contribution in [3.05, 3.63) is 39.9 Å². The summed E-state index contributed by atoms with van der Waals surface area (Å²) in [4.78, 5) is 15.1. The molecule has 1 aromatic heterocycles. The Balaban J connectivity index is 2.67. The number of aromatic carboxylic acids is 1. The zero-order valence-corrected chi connectivity index (χ0v) is 12.5. The first-order valence-electron chi connectivity index (χ1n) is 5.87. The van der Waals surface area contributed by atoms with E-state index in [9.17, 15) is 4.79 Å². The van der Waals surface area contributed by atoms with Gasteiger partial charge in [-0.2, -0.15) is 0 Å². The molecule has 1 aromatic carbocycles. The molecule has 1 heterocycles. The van der Waals surface area contributed by atoms with E-state index in [1.54, 1.807) is 4.68 Å². The molecule has 0 fully saturated rings. The summed E-state index contributed by atoms with van der Waals surface area (Å²) in [6.07, 6.45) is 0. The van der Waals surface area contributed by atoms with Gasteiger partial charge in [-0.05, 0) is 24.6 Å². The van der Waals surface area contributed by atoms with Gasteiger partial charge in [-0.3, -0.25) is 0 Å². The van der Waals surface area contributed by atoms with E-state index >= 15 is 0 Å². The van der Waals surface area contributed by atoms with Gasteiger partial charge in [-0.1, -0.05) is 35.8 Å². The second kappa shape index (κ2) is 5.13. The summed E-state index contributed by atoms with van der Waals surface area (Å²) in [7, 11) is 0. The van der Waals surface area contributed by atoms with Crippen LogP contribution in [0.25, 0.3) is 5.69 Å². The van der Waals surface area contributed by atoms with Gasteiger partial charge in [0, 0.05) is 10.4 Å². The third kappa shape index (κ3) is 2.53. The number of aromatic nitrogens is 3. The normalized spacial score (nSPS) is 11.0. The monoisotopic (exact) mass is 323 g/mol. The molecule has 0 bridgehead atoms. The van der Waals surface area contributed by atoms with Crippen molar-refractivity contribution in [3.8, 4) is 5.69 Å². The van der Waals surface area contributed by atoms with Crippen LogP contribution in [0.2, 0.25) is 0 Å². The SMILES string of the molecule is Cc1c(Br)cccc1-n1nc(C(=O)O)nc1C(C)C. The first-order chi connectivity index (χ1) is 8.91. The minimum absolute atomic E-state index is 0.0824. The van der Waals surface area contributed by atoms with Crippen LogP contribution in [-0.4, -0.2) is 25.8 Å². The molecule has 0 saturated heterocycles. The predicted molar refractivity (Wildman–Crippen MR) is 74.8 cm³/mol. The molecule has 0 unspecified atom stereocenters. The maximum atomic E-state index is 11.0. The van der Waals surface area contributed by atoms with Gasteiger partial charge in [-0.15, -0.1) is 5.10 Å². The minimum Gasteiger partial charge on any atom is -0.475 e. The number of nitrogens with zero attached hydrogens (tertiary/aromatic N) is 3. The first-order valence-corrected chi connectivity index (χ1v) is 6.67. The topological polar surface area (TPSA) is 68.0 Å². The molecule has 0 atom stereocenters. The second-order valence-corrected chi connectivity index (χ2v) is 5.40. The fraction of sp³-hybridized carbons (Fsp3) is 0.308. The average Bonchev–Trinajstić information content (AvgIpc) is 2.77. The van der Waals surface area contributed by atoms with Crippen LogP contribution in [-0.2, 0) is 0 Å². The summed E-state index contributed by atoms with van der Waals surface area (Å²) in [6.45, 7) is 5.87. The van der Waals surface area contributed by atoms with Gasteiger partial charge in [0.15, 0.2) is 0 Å². The summed E-state index contributed by atoms with van der Waals surface area (Å²) in [5.74, 6) is -0.575. The highest BCUT2D eigenvalue weighted by molar-refractivity contribution is 9.10. The zero-order valence-electron chi connectivity index (χ0n) is 10.9. The van der Waals surface area contributed by atoms with Gasteiger partial charge < -0.3 is 5.11 Å². The molecule has 0 amide bonds. The van der Waals surface area contributed by atoms with Gasteiger partial charge in [0.25, 0.3) is 5.82 Å².